The van der Waals surface area contributed by atoms with Gasteiger partial charge in [-0.05, 0) is 48.9 Å². The summed E-state index contributed by atoms with van der Waals surface area (Å²) in [6.45, 7) is 2.11. The molecular formula is C31H24Cl2FNO5. The Balaban J connectivity index is 1.42. The quantitative estimate of drug-likeness (QED) is 0.227. The van der Waals surface area contributed by atoms with E-state index >= 15 is 0 Å². The lowest BCUT2D eigenvalue weighted by Crippen LogP contribution is -2.46. The lowest BCUT2D eigenvalue weighted by molar-refractivity contribution is -0.165. The van der Waals surface area contributed by atoms with E-state index in [-0.39, 0.29) is 52.2 Å². The standard InChI is InChI=1S/C31H24Cl2FNO5/c1-2-38-30(37)31(16-17-39-25-11-7-6-10-21(25)31)40-26-15-12-20(18-22(26)32)29(36)35-24-14-13-23(34)27(28(24)33)19-8-4-3-5-9-19/h3-15,18H,2,16-17H2,1H3,(H,35,36). The van der Waals surface area contributed by atoms with E-state index in [1.807, 2.05) is 6.07 Å². The van der Waals surface area contributed by atoms with Gasteiger partial charge in [-0.25, -0.2) is 9.18 Å². The zero-order chi connectivity index (χ0) is 28.3. The van der Waals surface area contributed by atoms with Crippen LogP contribution in [0.5, 0.6) is 11.5 Å². The zero-order valence-electron chi connectivity index (χ0n) is 21.4. The van der Waals surface area contributed by atoms with Crippen LogP contribution in [0, 0.1) is 5.82 Å². The predicted octanol–water partition coefficient (Wildman–Crippen LogP) is 7.67. The van der Waals surface area contributed by atoms with E-state index in [0.29, 0.717) is 16.9 Å². The van der Waals surface area contributed by atoms with E-state index in [2.05, 4.69) is 5.32 Å². The number of hydrogen-bond acceptors (Lipinski definition) is 5. The Morgan fingerprint density at radius 3 is 2.50 bits per heavy atom. The lowest BCUT2D eigenvalue weighted by Gasteiger charge is -2.37. The third kappa shape index (κ3) is 5.22. The molecule has 0 aliphatic carbocycles. The monoisotopic (exact) mass is 579 g/mol. The SMILES string of the molecule is CCOC(=O)C1(Oc2ccc(C(=O)Nc3ccc(F)c(-c4ccccc4)c3Cl)cc2Cl)CCOc2ccccc21. The molecular weight excluding hydrogens is 556 g/mol. The summed E-state index contributed by atoms with van der Waals surface area (Å²) >= 11 is 13.1. The summed E-state index contributed by atoms with van der Waals surface area (Å²) < 4.78 is 32.0. The smallest absolute Gasteiger partial charge is 0.355 e. The summed E-state index contributed by atoms with van der Waals surface area (Å²) in [7, 11) is 0. The molecule has 40 heavy (non-hydrogen) atoms. The van der Waals surface area contributed by atoms with Crippen molar-refractivity contribution in [3.05, 3.63) is 112 Å². The van der Waals surface area contributed by atoms with Crippen LogP contribution >= 0.6 is 23.2 Å². The average Bonchev–Trinajstić information content (AvgIpc) is 2.96. The van der Waals surface area contributed by atoms with Crippen molar-refractivity contribution in [2.45, 2.75) is 18.9 Å². The Morgan fingerprint density at radius 2 is 1.75 bits per heavy atom. The molecule has 0 aromatic heterocycles. The number of rotatable bonds is 7. The number of fused-ring (bicyclic) bond motifs is 1. The molecule has 9 heteroatoms. The van der Waals surface area contributed by atoms with Crippen molar-refractivity contribution in [1.82, 2.24) is 0 Å². The molecule has 0 radical (unpaired) electrons. The van der Waals surface area contributed by atoms with E-state index in [0.717, 1.165) is 0 Å². The Morgan fingerprint density at radius 1 is 1.00 bits per heavy atom. The average molecular weight is 580 g/mol. The van der Waals surface area contributed by atoms with Crippen molar-refractivity contribution in [1.29, 1.82) is 0 Å². The van der Waals surface area contributed by atoms with Gasteiger partial charge >= 0.3 is 5.97 Å². The largest absolute Gasteiger partial charge is 0.493 e. The molecule has 0 saturated heterocycles. The summed E-state index contributed by atoms with van der Waals surface area (Å²) in [5, 5.41) is 2.90. The van der Waals surface area contributed by atoms with Gasteiger partial charge in [-0.1, -0.05) is 71.7 Å². The van der Waals surface area contributed by atoms with Crippen molar-refractivity contribution < 1.29 is 28.2 Å². The number of para-hydroxylation sites is 1. The number of hydrogen-bond donors (Lipinski definition) is 1. The highest BCUT2D eigenvalue weighted by Gasteiger charge is 2.49. The highest BCUT2D eigenvalue weighted by Crippen LogP contribution is 2.43. The van der Waals surface area contributed by atoms with Crippen LogP contribution in [0.3, 0.4) is 0 Å². The number of carbonyl (C=O) groups is 2. The third-order valence-electron chi connectivity index (χ3n) is 6.52. The summed E-state index contributed by atoms with van der Waals surface area (Å²) in [6, 6.07) is 23.0. The van der Waals surface area contributed by atoms with E-state index in [4.69, 9.17) is 37.4 Å². The minimum Gasteiger partial charge on any atom is -0.493 e. The molecule has 4 aromatic rings. The molecule has 1 aliphatic rings. The molecule has 4 aromatic carbocycles. The molecule has 0 fully saturated rings. The van der Waals surface area contributed by atoms with Gasteiger partial charge in [0, 0.05) is 23.1 Å². The van der Waals surface area contributed by atoms with Gasteiger partial charge in [0.1, 0.15) is 17.3 Å². The second-order valence-electron chi connectivity index (χ2n) is 8.99. The van der Waals surface area contributed by atoms with Crippen molar-refractivity contribution >= 4 is 40.8 Å². The lowest BCUT2D eigenvalue weighted by atomic mass is 9.87. The fourth-order valence-corrected chi connectivity index (χ4v) is 5.13. The second-order valence-corrected chi connectivity index (χ2v) is 9.78. The molecule has 0 saturated carbocycles. The van der Waals surface area contributed by atoms with Crippen LogP contribution < -0.4 is 14.8 Å². The number of ether oxygens (including phenoxy) is 3. The highest BCUT2D eigenvalue weighted by atomic mass is 35.5. The summed E-state index contributed by atoms with van der Waals surface area (Å²) in [4.78, 5) is 26.3. The fourth-order valence-electron chi connectivity index (χ4n) is 4.60. The number of benzene rings is 4. The van der Waals surface area contributed by atoms with Crippen LogP contribution in [-0.4, -0.2) is 25.1 Å². The molecule has 1 amide bonds. The van der Waals surface area contributed by atoms with Crippen LogP contribution in [0.1, 0.15) is 29.3 Å². The molecule has 1 unspecified atom stereocenters. The number of esters is 1. The summed E-state index contributed by atoms with van der Waals surface area (Å²) in [5.74, 6) is -0.889. The second kappa shape index (κ2) is 11.6. The Bertz CT molecular complexity index is 1580. The molecule has 1 N–H and O–H groups in total. The van der Waals surface area contributed by atoms with E-state index in [1.165, 1.54) is 30.3 Å². The molecule has 1 heterocycles. The topological polar surface area (TPSA) is 73.9 Å². The van der Waals surface area contributed by atoms with E-state index in [1.54, 1.807) is 55.5 Å². The maximum atomic E-state index is 14.6. The molecule has 0 spiro atoms. The normalized spacial score (nSPS) is 15.9. The zero-order valence-corrected chi connectivity index (χ0v) is 22.9. The fraction of sp³-hybridized carbons (Fsp3) is 0.161. The molecule has 204 valence electrons. The first-order chi connectivity index (χ1) is 19.3. The Labute approximate surface area is 240 Å². The predicted molar refractivity (Wildman–Crippen MR) is 152 cm³/mol. The first kappa shape index (κ1) is 27.5. The van der Waals surface area contributed by atoms with Gasteiger partial charge in [-0.3, -0.25) is 4.79 Å². The van der Waals surface area contributed by atoms with Crippen molar-refractivity contribution in [2.24, 2.45) is 0 Å². The van der Waals surface area contributed by atoms with Crippen molar-refractivity contribution in [2.75, 3.05) is 18.5 Å². The maximum absolute atomic E-state index is 14.6. The van der Waals surface area contributed by atoms with Gasteiger partial charge in [0.15, 0.2) is 0 Å². The minimum absolute atomic E-state index is 0.0696. The van der Waals surface area contributed by atoms with Gasteiger partial charge in [0.25, 0.3) is 5.91 Å². The Hall–Kier alpha value is -4.07. The van der Waals surface area contributed by atoms with Crippen LogP contribution in [0.2, 0.25) is 10.0 Å². The third-order valence-corrected chi connectivity index (χ3v) is 7.21. The van der Waals surface area contributed by atoms with Crippen LogP contribution in [0.4, 0.5) is 10.1 Å². The van der Waals surface area contributed by atoms with E-state index in [9.17, 15) is 14.0 Å². The van der Waals surface area contributed by atoms with Gasteiger partial charge < -0.3 is 19.5 Å². The number of nitrogens with one attached hydrogen (secondary N) is 1. The first-order valence-corrected chi connectivity index (χ1v) is 13.3. The molecule has 1 aliphatic heterocycles. The molecule has 6 nitrogen and oxygen atoms in total. The maximum Gasteiger partial charge on any atom is 0.355 e. The number of amides is 1. The van der Waals surface area contributed by atoms with Crippen molar-refractivity contribution in [3.63, 3.8) is 0 Å². The summed E-state index contributed by atoms with van der Waals surface area (Å²) in [6.07, 6.45) is 0.203. The number of anilines is 1. The summed E-state index contributed by atoms with van der Waals surface area (Å²) in [5.41, 5.74) is 0.254. The van der Waals surface area contributed by atoms with Gasteiger partial charge in [0.2, 0.25) is 5.60 Å². The van der Waals surface area contributed by atoms with Crippen LogP contribution in [0.25, 0.3) is 11.1 Å². The Kier molecular flexibility index (Phi) is 7.96. The molecule has 0 bridgehead atoms. The van der Waals surface area contributed by atoms with Gasteiger partial charge in [0.05, 0.1) is 28.9 Å². The molecule has 1 atom stereocenters. The number of carbonyl (C=O) groups excluding carboxylic acids is 2. The van der Waals surface area contributed by atoms with Gasteiger partial charge in [-0.15, -0.1) is 0 Å². The van der Waals surface area contributed by atoms with Crippen LogP contribution in [-0.2, 0) is 15.1 Å². The highest BCUT2D eigenvalue weighted by molar-refractivity contribution is 6.37. The van der Waals surface area contributed by atoms with Gasteiger partial charge in [-0.2, -0.15) is 0 Å². The molecule has 5 rings (SSSR count). The number of halogens is 3. The van der Waals surface area contributed by atoms with Crippen LogP contribution in [0.15, 0.2) is 84.9 Å². The van der Waals surface area contributed by atoms with Crippen molar-refractivity contribution in [3.8, 4) is 22.6 Å². The van der Waals surface area contributed by atoms with E-state index < -0.39 is 23.3 Å². The first-order valence-electron chi connectivity index (χ1n) is 12.6. The minimum atomic E-state index is -1.48.